The predicted molar refractivity (Wildman–Crippen MR) is 77.7 cm³/mol. The number of carbonyl (C=O) groups is 1. The van der Waals surface area contributed by atoms with Crippen molar-refractivity contribution in [3.63, 3.8) is 0 Å². The molecule has 2 rings (SSSR count). The van der Waals surface area contributed by atoms with Gasteiger partial charge in [-0.05, 0) is 42.5 Å². The minimum atomic E-state index is -0.239. The maximum Gasteiger partial charge on any atom is 0.255 e. The van der Waals surface area contributed by atoms with E-state index in [0.29, 0.717) is 12.1 Å². The first kappa shape index (κ1) is 13.6. The number of aryl methyl sites for hydroxylation is 2. The lowest BCUT2D eigenvalue weighted by molar-refractivity contribution is 0.0948. The minimum absolute atomic E-state index is 0.0185. The summed E-state index contributed by atoms with van der Waals surface area (Å²) >= 11 is 1.64. The second-order valence-electron chi connectivity index (χ2n) is 4.43. The molecule has 1 heterocycles. The van der Waals surface area contributed by atoms with Crippen molar-refractivity contribution < 1.29 is 9.90 Å². The SMILES string of the molecule is CCc1ccsc1CNC(=O)c1cc(C)ccc1O. The molecular formula is C15H17NO2S. The zero-order valence-corrected chi connectivity index (χ0v) is 11.9. The van der Waals surface area contributed by atoms with Gasteiger partial charge in [-0.3, -0.25) is 4.79 Å². The van der Waals surface area contributed by atoms with Crippen LogP contribution in [0.25, 0.3) is 0 Å². The number of thiophene rings is 1. The molecule has 19 heavy (non-hydrogen) atoms. The van der Waals surface area contributed by atoms with Gasteiger partial charge in [0.15, 0.2) is 0 Å². The number of nitrogens with one attached hydrogen (secondary N) is 1. The molecule has 3 nitrogen and oxygen atoms in total. The van der Waals surface area contributed by atoms with Crippen molar-refractivity contribution in [2.45, 2.75) is 26.8 Å². The molecule has 0 aliphatic carbocycles. The van der Waals surface area contributed by atoms with Crippen molar-refractivity contribution >= 4 is 17.2 Å². The maximum absolute atomic E-state index is 12.0. The molecule has 0 radical (unpaired) electrons. The predicted octanol–water partition coefficient (Wildman–Crippen LogP) is 3.25. The standard InChI is InChI=1S/C15H17NO2S/c1-3-11-6-7-19-14(11)9-16-15(18)12-8-10(2)4-5-13(12)17/h4-8,17H,3,9H2,1-2H3,(H,16,18). The number of benzene rings is 1. The molecule has 0 spiro atoms. The fourth-order valence-electron chi connectivity index (χ4n) is 1.92. The number of rotatable bonds is 4. The van der Waals surface area contributed by atoms with Crippen LogP contribution < -0.4 is 5.32 Å². The van der Waals surface area contributed by atoms with Crippen LogP contribution in [0.1, 0.15) is 33.3 Å². The van der Waals surface area contributed by atoms with Gasteiger partial charge in [0.25, 0.3) is 5.91 Å². The van der Waals surface area contributed by atoms with Gasteiger partial charge in [0.05, 0.1) is 12.1 Å². The van der Waals surface area contributed by atoms with Crippen molar-refractivity contribution in [3.05, 3.63) is 51.2 Å². The third kappa shape index (κ3) is 3.15. The van der Waals surface area contributed by atoms with Crippen LogP contribution in [0.4, 0.5) is 0 Å². The first-order chi connectivity index (χ1) is 9.11. The van der Waals surface area contributed by atoms with E-state index in [4.69, 9.17) is 0 Å². The summed E-state index contributed by atoms with van der Waals surface area (Å²) in [5, 5.41) is 14.6. The van der Waals surface area contributed by atoms with E-state index in [0.717, 1.165) is 12.0 Å². The van der Waals surface area contributed by atoms with Crippen LogP contribution in [0, 0.1) is 6.92 Å². The van der Waals surface area contributed by atoms with E-state index in [1.54, 1.807) is 29.5 Å². The van der Waals surface area contributed by atoms with Gasteiger partial charge in [0.1, 0.15) is 5.75 Å². The number of phenols is 1. The zero-order valence-electron chi connectivity index (χ0n) is 11.1. The summed E-state index contributed by atoms with van der Waals surface area (Å²) in [6.45, 7) is 4.50. The highest BCUT2D eigenvalue weighted by molar-refractivity contribution is 7.10. The first-order valence-corrected chi connectivity index (χ1v) is 7.13. The van der Waals surface area contributed by atoms with Gasteiger partial charge in [0.2, 0.25) is 0 Å². The Bertz CT molecular complexity index is 590. The van der Waals surface area contributed by atoms with E-state index in [2.05, 4.69) is 18.3 Å². The molecule has 100 valence electrons. The summed E-state index contributed by atoms with van der Waals surface area (Å²) in [5.41, 5.74) is 2.54. The average Bonchev–Trinajstić information content (AvgIpc) is 2.86. The summed E-state index contributed by atoms with van der Waals surface area (Å²) in [5.74, 6) is -0.221. The maximum atomic E-state index is 12.0. The topological polar surface area (TPSA) is 49.3 Å². The van der Waals surface area contributed by atoms with Crippen LogP contribution in [0.3, 0.4) is 0 Å². The van der Waals surface area contributed by atoms with Crippen LogP contribution in [0.2, 0.25) is 0 Å². The minimum Gasteiger partial charge on any atom is -0.507 e. The Balaban J connectivity index is 2.07. The molecule has 1 aromatic heterocycles. The van der Waals surface area contributed by atoms with Gasteiger partial charge in [-0.1, -0.05) is 18.6 Å². The van der Waals surface area contributed by atoms with Gasteiger partial charge in [-0.25, -0.2) is 0 Å². The quantitative estimate of drug-likeness (QED) is 0.900. The second-order valence-corrected chi connectivity index (χ2v) is 5.43. The van der Waals surface area contributed by atoms with Crippen molar-refractivity contribution in [2.24, 2.45) is 0 Å². The van der Waals surface area contributed by atoms with Crippen LogP contribution in [-0.4, -0.2) is 11.0 Å². The first-order valence-electron chi connectivity index (χ1n) is 6.25. The number of hydrogen-bond acceptors (Lipinski definition) is 3. The lowest BCUT2D eigenvalue weighted by Gasteiger charge is -2.08. The van der Waals surface area contributed by atoms with Gasteiger partial charge in [-0.15, -0.1) is 11.3 Å². The molecule has 2 aromatic rings. The van der Waals surface area contributed by atoms with E-state index in [9.17, 15) is 9.90 Å². The van der Waals surface area contributed by atoms with E-state index < -0.39 is 0 Å². The van der Waals surface area contributed by atoms with Crippen LogP contribution in [0.5, 0.6) is 5.75 Å². The highest BCUT2D eigenvalue weighted by Crippen LogP contribution is 2.20. The Morgan fingerprint density at radius 3 is 2.89 bits per heavy atom. The molecule has 0 aliphatic rings. The van der Waals surface area contributed by atoms with Crippen molar-refractivity contribution in [1.82, 2.24) is 5.32 Å². The lowest BCUT2D eigenvalue weighted by Crippen LogP contribution is -2.23. The molecule has 0 saturated carbocycles. The molecule has 2 N–H and O–H groups in total. The van der Waals surface area contributed by atoms with E-state index >= 15 is 0 Å². The fourth-order valence-corrected chi connectivity index (χ4v) is 2.84. The van der Waals surface area contributed by atoms with Gasteiger partial charge in [-0.2, -0.15) is 0 Å². The molecular weight excluding hydrogens is 258 g/mol. The van der Waals surface area contributed by atoms with Gasteiger partial charge < -0.3 is 10.4 Å². The normalized spacial score (nSPS) is 10.4. The zero-order chi connectivity index (χ0) is 13.8. The molecule has 0 atom stereocenters. The Kier molecular flexibility index (Phi) is 4.22. The molecule has 4 heteroatoms. The Morgan fingerprint density at radius 2 is 2.16 bits per heavy atom. The highest BCUT2D eigenvalue weighted by atomic mass is 32.1. The van der Waals surface area contributed by atoms with E-state index in [-0.39, 0.29) is 11.7 Å². The highest BCUT2D eigenvalue weighted by Gasteiger charge is 2.12. The van der Waals surface area contributed by atoms with E-state index in [1.807, 2.05) is 12.3 Å². The largest absolute Gasteiger partial charge is 0.507 e. The van der Waals surface area contributed by atoms with Crippen LogP contribution in [-0.2, 0) is 13.0 Å². The number of aromatic hydroxyl groups is 1. The lowest BCUT2D eigenvalue weighted by atomic mass is 10.1. The van der Waals surface area contributed by atoms with Gasteiger partial charge in [0, 0.05) is 4.88 Å². The third-order valence-corrected chi connectivity index (χ3v) is 3.99. The third-order valence-electron chi connectivity index (χ3n) is 3.02. The van der Waals surface area contributed by atoms with Crippen molar-refractivity contribution in [2.75, 3.05) is 0 Å². The summed E-state index contributed by atoms with van der Waals surface area (Å²) < 4.78 is 0. The summed E-state index contributed by atoms with van der Waals surface area (Å²) in [7, 11) is 0. The smallest absolute Gasteiger partial charge is 0.255 e. The summed E-state index contributed by atoms with van der Waals surface area (Å²) in [6, 6.07) is 7.10. The Labute approximate surface area is 116 Å². The van der Waals surface area contributed by atoms with Crippen LogP contribution in [0.15, 0.2) is 29.6 Å². The molecule has 0 aliphatic heterocycles. The summed E-state index contributed by atoms with van der Waals surface area (Å²) in [4.78, 5) is 13.2. The number of phenolic OH excluding ortho intramolecular Hbond substituents is 1. The number of amides is 1. The summed E-state index contributed by atoms with van der Waals surface area (Å²) in [6.07, 6.45) is 0.963. The number of hydrogen-bond donors (Lipinski definition) is 2. The Morgan fingerprint density at radius 1 is 1.37 bits per heavy atom. The average molecular weight is 275 g/mol. The van der Waals surface area contributed by atoms with E-state index in [1.165, 1.54) is 10.4 Å². The van der Waals surface area contributed by atoms with Crippen LogP contribution >= 0.6 is 11.3 Å². The molecule has 1 aromatic carbocycles. The van der Waals surface area contributed by atoms with Crippen molar-refractivity contribution in [3.8, 4) is 5.75 Å². The Hall–Kier alpha value is -1.81. The monoisotopic (exact) mass is 275 g/mol. The van der Waals surface area contributed by atoms with Crippen molar-refractivity contribution in [1.29, 1.82) is 0 Å². The molecule has 0 unspecified atom stereocenters. The number of carbonyl (C=O) groups excluding carboxylic acids is 1. The fraction of sp³-hybridized carbons (Fsp3) is 0.267. The molecule has 0 saturated heterocycles. The van der Waals surface area contributed by atoms with Gasteiger partial charge >= 0.3 is 0 Å². The molecule has 1 amide bonds. The second kappa shape index (κ2) is 5.89. The molecule has 0 bridgehead atoms. The molecule has 0 fully saturated rings.